The Morgan fingerprint density at radius 1 is 1.06 bits per heavy atom. The van der Waals surface area contributed by atoms with E-state index in [2.05, 4.69) is 0 Å². The summed E-state index contributed by atoms with van der Waals surface area (Å²) in [5.74, 6) is 0. The predicted octanol–water partition coefficient (Wildman–Crippen LogP) is -0.553. The average Bonchev–Trinajstić information content (AvgIpc) is 2.14. The molecule has 0 spiro atoms. The van der Waals surface area contributed by atoms with Crippen molar-refractivity contribution >= 4 is 0 Å². The van der Waals surface area contributed by atoms with Crippen LogP contribution in [0.3, 0.4) is 0 Å². The van der Waals surface area contributed by atoms with Crippen LogP contribution >= 0.6 is 0 Å². The molecule has 0 rings (SSSR count). The Labute approximate surface area is 97.6 Å². The fourth-order valence-corrected chi connectivity index (χ4v) is 1.49. The van der Waals surface area contributed by atoms with Crippen molar-refractivity contribution in [2.45, 2.75) is 39.1 Å². The van der Waals surface area contributed by atoms with Crippen molar-refractivity contribution < 1.29 is 20.1 Å². The van der Waals surface area contributed by atoms with Crippen molar-refractivity contribution in [2.24, 2.45) is 0 Å². The van der Waals surface area contributed by atoms with Crippen LogP contribution in [0.5, 0.6) is 0 Å². The molecule has 5 nitrogen and oxygen atoms in total. The summed E-state index contributed by atoms with van der Waals surface area (Å²) in [6.07, 6.45) is -0.916. The Balaban J connectivity index is 3.87. The molecule has 0 bridgehead atoms. The molecule has 0 aliphatic carbocycles. The Bertz CT molecular complexity index is 164. The van der Waals surface area contributed by atoms with Crippen molar-refractivity contribution in [3.63, 3.8) is 0 Å². The molecule has 3 atom stereocenters. The van der Waals surface area contributed by atoms with Crippen LogP contribution in [-0.2, 0) is 4.74 Å². The molecule has 3 N–H and O–H groups in total. The van der Waals surface area contributed by atoms with Gasteiger partial charge < -0.3 is 20.1 Å². The highest BCUT2D eigenvalue weighted by Gasteiger charge is 2.12. The maximum absolute atomic E-state index is 9.28. The van der Waals surface area contributed by atoms with Crippen LogP contribution in [0.25, 0.3) is 0 Å². The van der Waals surface area contributed by atoms with Gasteiger partial charge in [0.15, 0.2) is 0 Å². The molecule has 0 radical (unpaired) electrons. The molecule has 0 fully saturated rings. The van der Waals surface area contributed by atoms with Gasteiger partial charge in [-0.1, -0.05) is 0 Å². The van der Waals surface area contributed by atoms with E-state index in [0.29, 0.717) is 26.2 Å². The summed E-state index contributed by atoms with van der Waals surface area (Å²) in [7, 11) is 0. The number of nitrogens with zero attached hydrogens (tertiary/aromatic N) is 1. The SMILES string of the molecule is CC(O)COC(C)CN(CCO)CC(C)O. The van der Waals surface area contributed by atoms with Gasteiger partial charge in [-0.3, -0.25) is 4.90 Å². The summed E-state index contributed by atoms with van der Waals surface area (Å²) in [5, 5.41) is 27.2. The maximum atomic E-state index is 9.28. The third kappa shape index (κ3) is 9.06. The second kappa shape index (κ2) is 8.90. The fraction of sp³-hybridized carbons (Fsp3) is 1.00. The third-order valence-corrected chi connectivity index (χ3v) is 2.08. The van der Waals surface area contributed by atoms with Crippen LogP contribution in [0.2, 0.25) is 0 Å². The van der Waals surface area contributed by atoms with E-state index in [9.17, 15) is 5.11 Å². The van der Waals surface area contributed by atoms with E-state index >= 15 is 0 Å². The van der Waals surface area contributed by atoms with Gasteiger partial charge >= 0.3 is 0 Å². The number of rotatable bonds is 9. The Kier molecular flexibility index (Phi) is 8.78. The van der Waals surface area contributed by atoms with Crippen LogP contribution in [0.15, 0.2) is 0 Å². The fourth-order valence-electron chi connectivity index (χ4n) is 1.49. The zero-order chi connectivity index (χ0) is 12.6. The van der Waals surface area contributed by atoms with Crippen molar-refractivity contribution in [1.82, 2.24) is 4.90 Å². The minimum atomic E-state index is -0.467. The molecule has 0 aliphatic rings. The highest BCUT2D eigenvalue weighted by atomic mass is 16.5. The Morgan fingerprint density at radius 3 is 2.12 bits per heavy atom. The zero-order valence-corrected chi connectivity index (χ0v) is 10.5. The van der Waals surface area contributed by atoms with E-state index < -0.39 is 12.2 Å². The molecule has 0 amide bonds. The molecule has 0 aromatic carbocycles. The van der Waals surface area contributed by atoms with Crippen LogP contribution in [0.1, 0.15) is 20.8 Å². The van der Waals surface area contributed by atoms with E-state index in [1.54, 1.807) is 13.8 Å². The van der Waals surface area contributed by atoms with Crippen molar-refractivity contribution in [2.75, 3.05) is 32.8 Å². The largest absolute Gasteiger partial charge is 0.395 e. The topological polar surface area (TPSA) is 73.2 Å². The summed E-state index contributed by atoms with van der Waals surface area (Å²) in [6, 6.07) is 0. The molecule has 0 saturated carbocycles. The minimum absolute atomic E-state index is 0.0279. The maximum Gasteiger partial charge on any atom is 0.0745 e. The average molecular weight is 235 g/mol. The molecule has 5 heteroatoms. The normalized spacial score (nSPS) is 17.4. The van der Waals surface area contributed by atoms with Crippen molar-refractivity contribution in [1.29, 1.82) is 0 Å². The summed E-state index contributed by atoms with van der Waals surface area (Å²) in [6.45, 7) is 7.35. The van der Waals surface area contributed by atoms with Gasteiger partial charge in [0, 0.05) is 19.6 Å². The molecule has 0 aliphatic heterocycles. The van der Waals surface area contributed by atoms with Crippen LogP contribution < -0.4 is 0 Å². The number of hydrogen-bond donors (Lipinski definition) is 3. The van der Waals surface area contributed by atoms with Gasteiger partial charge in [-0.05, 0) is 20.8 Å². The lowest BCUT2D eigenvalue weighted by Gasteiger charge is -2.26. The van der Waals surface area contributed by atoms with E-state index in [4.69, 9.17) is 14.9 Å². The van der Waals surface area contributed by atoms with Gasteiger partial charge in [0.2, 0.25) is 0 Å². The lowest BCUT2D eigenvalue weighted by atomic mass is 10.3. The number of aliphatic hydroxyl groups excluding tert-OH is 3. The predicted molar refractivity (Wildman–Crippen MR) is 62.3 cm³/mol. The standard InChI is InChI=1S/C11H25NO4/c1-9(14)6-12(4-5-13)7-11(3)16-8-10(2)15/h9-11,13-15H,4-8H2,1-3H3. The number of aliphatic hydroxyl groups is 3. The third-order valence-electron chi connectivity index (χ3n) is 2.08. The van der Waals surface area contributed by atoms with Gasteiger partial charge in [-0.15, -0.1) is 0 Å². The van der Waals surface area contributed by atoms with E-state index in [1.807, 2.05) is 11.8 Å². The van der Waals surface area contributed by atoms with Crippen molar-refractivity contribution in [3.05, 3.63) is 0 Å². The Morgan fingerprint density at radius 2 is 1.69 bits per heavy atom. The summed E-state index contributed by atoms with van der Waals surface area (Å²) < 4.78 is 5.41. The highest BCUT2D eigenvalue weighted by Crippen LogP contribution is 1.99. The first-order chi connectivity index (χ1) is 7.45. The van der Waals surface area contributed by atoms with Crippen molar-refractivity contribution in [3.8, 4) is 0 Å². The number of hydrogen-bond acceptors (Lipinski definition) is 5. The first-order valence-electron chi connectivity index (χ1n) is 5.76. The molecule has 98 valence electrons. The van der Waals surface area contributed by atoms with E-state index in [1.165, 1.54) is 0 Å². The monoisotopic (exact) mass is 235 g/mol. The second-order valence-electron chi connectivity index (χ2n) is 4.33. The lowest BCUT2D eigenvalue weighted by molar-refractivity contribution is -0.0159. The molecular weight excluding hydrogens is 210 g/mol. The first kappa shape index (κ1) is 15.8. The molecule has 16 heavy (non-hydrogen) atoms. The minimum Gasteiger partial charge on any atom is -0.395 e. The smallest absolute Gasteiger partial charge is 0.0745 e. The van der Waals surface area contributed by atoms with E-state index in [0.717, 1.165) is 0 Å². The summed E-state index contributed by atoms with van der Waals surface area (Å²) >= 11 is 0. The quantitative estimate of drug-likeness (QED) is 0.500. The lowest BCUT2D eigenvalue weighted by Crippen LogP contribution is -2.39. The van der Waals surface area contributed by atoms with Crippen LogP contribution in [0.4, 0.5) is 0 Å². The highest BCUT2D eigenvalue weighted by molar-refractivity contribution is 4.65. The van der Waals surface area contributed by atoms with Gasteiger partial charge in [-0.2, -0.15) is 0 Å². The summed E-state index contributed by atoms with van der Waals surface area (Å²) in [4.78, 5) is 1.94. The zero-order valence-electron chi connectivity index (χ0n) is 10.5. The number of ether oxygens (including phenoxy) is 1. The van der Waals surface area contributed by atoms with Gasteiger partial charge in [0.1, 0.15) is 0 Å². The van der Waals surface area contributed by atoms with Gasteiger partial charge in [0.25, 0.3) is 0 Å². The van der Waals surface area contributed by atoms with Gasteiger partial charge in [-0.25, -0.2) is 0 Å². The van der Waals surface area contributed by atoms with Crippen LogP contribution in [0, 0.1) is 0 Å². The molecule has 0 aromatic heterocycles. The first-order valence-corrected chi connectivity index (χ1v) is 5.76. The Hall–Kier alpha value is -0.200. The van der Waals surface area contributed by atoms with E-state index in [-0.39, 0.29) is 12.7 Å². The molecule has 0 aromatic rings. The molecular formula is C11H25NO4. The molecule has 0 heterocycles. The molecule has 0 saturated heterocycles. The molecule has 3 unspecified atom stereocenters. The summed E-state index contributed by atoms with van der Waals surface area (Å²) in [5.41, 5.74) is 0. The second-order valence-corrected chi connectivity index (χ2v) is 4.33. The van der Waals surface area contributed by atoms with Gasteiger partial charge in [0.05, 0.1) is 31.5 Å². The van der Waals surface area contributed by atoms with Crippen LogP contribution in [-0.4, -0.2) is 71.4 Å².